The van der Waals surface area contributed by atoms with Gasteiger partial charge in [0.1, 0.15) is 6.04 Å². The lowest BCUT2D eigenvalue weighted by Gasteiger charge is -2.32. The molecule has 7 nitrogen and oxygen atoms in total. The van der Waals surface area contributed by atoms with E-state index in [0.29, 0.717) is 17.8 Å². The Hall–Kier alpha value is -2.97. The maximum atomic E-state index is 13.0. The van der Waals surface area contributed by atoms with Gasteiger partial charge in [-0.1, -0.05) is 60.7 Å². The lowest BCUT2D eigenvalue weighted by Crippen LogP contribution is -2.49. The number of benzene rings is 2. The fraction of sp³-hybridized carbons (Fsp3) is 0.238. The van der Waals surface area contributed by atoms with Crippen molar-refractivity contribution in [2.75, 3.05) is 0 Å². The number of hydrogen-bond donors (Lipinski definition) is 1. The second-order valence-corrected chi connectivity index (χ2v) is 9.02. The van der Waals surface area contributed by atoms with Crippen LogP contribution in [0.3, 0.4) is 0 Å². The summed E-state index contributed by atoms with van der Waals surface area (Å²) in [5, 5.41) is 9.75. The predicted octanol–water partition coefficient (Wildman–Crippen LogP) is 2.27. The Kier molecular flexibility index (Phi) is 5.21. The maximum Gasteiger partial charge on any atom is 0.322 e. The highest BCUT2D eigenvalue weighted by Crippen LogP contribution is 2.27. The van der Waals surface area contributed by atoms with E-state index >= 15 is 0 Å². The molecule has 0 spiro atoms. The van der Waals surface area contributed by atoms with Gasteiger partial charge >= 0.3 is 5.97 Å². The fourth-order valence-electron chi connectivity index (χ4n) is 3.65. The first kappa shape index (κ1) is 19.4. The van der Waals surface area contributed by atoms with E-state index in [9.17, 15) is 18.3 Å². The van der Waals surface area contributed by atoms with E-state index in [2.05, 4.69) is 4.98 Å². The van der Waals surface area contributed by atoms with Gasteiger partial charge < -0.3 is 9.67 Å². The molecule has 0 unspecified atom stereocenters. The number of fused-ring (bicyclic) bond motifs is 1. The number of aliphatic carboxylic acids is 1. The van der Waals surface area contributed by atoms with Gasteiger partial charge in [0.15, 0.2) is 0 Å². The minimum absolute atomic E-state index is 0.0384. The Bertz CT molecular complexity index is 1110. The molecule has 1 aliphatic rings. The molecule has 0 saturated carbocycles. The van der Waals surface area contributed by atoms with E-state index in [-0.39, 0.29) is 18.7 Å². The topological polar surface area (TPSA) is 92.5 Å². The first-order chi connectivity index (χ1) is 13.9. The zero-order valence-electron chi connectivity index (χ0n) is 15.7. The molecule has 2 heterocycles. The van der Waals surface area contributed by atoms with Crippen LogP contribution in [-0.2, 0) is 40.1 Å². The number of rotatable bonds is 6. The second-order valence-electron chi connectivity index (χ2n) is 7.10. The molecule has 150 valence electrons. The average Bonchev–Trinajstić information content (AvgIpc) is 3.10. The summed E-state index contributed by atoms with van der Waals surface area (Å²) in [7, 11) is -3.82. The predicted molar refractivity (Wildman–Crippen MR) is 108 cm³/mol. The van der Waals surface area contributed by atoms with E-state index < -0.39 is 22.0 Å². The fourth-order valence-corrected chi connectivity index (χ4v) is 5.30. The van der Waals surface area contributed by atoms with Gasteiger partial charge in [0.25, 0.3) is 0 Å². The molecule has 4 rings (SSSR count). The Balaban J connectivity index is 1.63. The van der Waals surface area contributed by atoms with Gasteiger partial charge in [-0.15, -0.1) is 0 Å². The van der Waals surface area contributed by atoms with E-state index in [0.717, 1.165) is 15.6 Å². The van der Waals surface area contributed by atoms with Gasteiger partial charge in [0, 0.05) is 18.7 Å². The third-order valence-electron chi connectivity index (χ3n) is 5.10. The molecule has 0 saturated heterocycles. The highest BCUT2D eigenvalue weighted by atomic mass is 32.2. The summed E-state index contributed by atoms with van der Waals surface area (Å²) >= 11 is 0. The van der Waals surface area contributed by atoms with Gasteiger partial charge in [-0.2, -0.15) is 4.31 Å². The largest absolute Gasteiger partial charge is 0.480 e. The first-order valence-electron chi connectivity index (χ1n) is 9.27. The van der Waals surface area contributed by atoms with Crippen molar-refractivity contribution in [2.45, 2.75) is 31.3 Å². The molecule has 0 bridgehead atoms. The van der Waals surface area contributed by atoms with Crippen molar-refractivity contribution in [1.82, 2.24) is 13.9 Å². The van der Waals surface area contributed by atoms with Crippen LogP contribution in [0.1, 0.15) is 22.5 Å². The summed E-state index contributed by atoms with van der Waals surface area (Å²) < 4.78 is 29.0. The van der Waals surface area contributed by atoms with Gasteiger partial charge in [0.05, 0.1) is 24.3 Å². The molecule has 0 amide bonds. The quantitative estimate of drug-likeness (QED) is 0.672. The zero-order valence-corrected chi connectivity index (χ0v) is 16.5. The molecular weight excluding hydrogens is 390 g/mol. The zero-order chi connectivity index (χ0) is 20.4. The molecule has 1 atom stereocenters. The number of hydrogen-bond acceptors (Lipinski definition) is 4. The summed E-state index contributed by atoms with van der Waals surface area (Å²) in [6.45, 7) is 0.523. The molecule has 1 aliphatic heterocycles. The van der Waals surface area contributed by atoms with Crippen LogP contribution in [-0.4, -0.2) is 39.4 Å². The van der Waals surface area contributed by atoms with Crippen LogP contribution in [0.15, 0.2) is 67.0 Å². The molecule has 8 heteroatoms. The number of carboxylic acid groups (broad SMARTS) is 1. The van der Waals surface area contributed by atoms with Crippen molar-refractivity contribution < 1.29 is 18.3 Å². The normalized spacial score (nSPS) is 17.0. The first-order valence-corrected chi connectivity index (χ1v) is 10.9. The molecule has 0 aliphatic carbocycles. The molecule has 0 radical (unpaired) electrons. The maximum absolute atomic E-state index is 13.0. The number of sulfonamides is 1. The van der Waals surface area contributed by atoms with E-state index in [4.69, 9.17) is 0 Å². The highest BCUT2D eigenvalue weighted by Gasteiger charge is 2.40. The van der Waals surface area contributed by atoms with Crippen molar-refractivity contribution in [2.24, 2.45) is 0 Å². The average molecular weight is 411 g/mol. The third kappa shape index (κ3) is 4.08. The van der Waals surface area contributed by atoms with Crippen LogP contribution < -0.4 is 0 Å². The number of aromatic nitrogens is 2. The van der Waals surface area contributed by atoms with E-state index in [1.54, 1.807) is 30.6 Å². The van der Waals surface area contributed by atoms with Crippen LogP contribution in [0.4, 0.5) is 0 Å². The van der Waals surface area contributed by atoms with Crippen molar-refractivity contribution in [3.05, 3.63) is 89.5 Å². The molecular formula is C21H21N3O4S. The second kappa shape index (κ2) is 7.81. The van der Waals surface area contributed by atoms with Crippen LogP contribution >= 0.6 is 0 Å². The lowest BCUT2D eigenvalue weighted by atomic mass is 10.0. The van der Waals surface area contributed by atoms with Crippen LogP contribution in [0.2, 0.25) is 0 Å². The molecule has 1 N–H and O–H groups in total. The van der Waals surface area contributed by atoms with E-state index in [1.807, 2.05) is 41.0 Å². The minimum Gasteiger partial charge on any atom is -0.480 e. The van der Waals surface area contributed by atoms with Gasteiger partial charge in [-0.3, -0.25) is 4.79 Å². The number of imidazole rings is 1. The van der Waals surface area contributed by atoms with Crippen molar-refractivity contribution in [1.29, 1.82) is 0 Å². The van der Waals surface area contributed by atoms with Crippen molar-refractivity contribution in [3.8, 4) is 0 Å². The Morgan fingerprint density at radius 3 is 2.28 bits per heavy atom. The van der Waals surface area contributed by atoms with Crippen LogP contribution in [0.25, 0.3) is 0 Å². The number of carboxylic acids is 1. The SMILES string of the molecule is O=C(O)[C@H]1Cc2c(ncn2Cc2ccccc2)CN1S(=O)(=O)Cc1ccccc1. The van der Waals surface area contributed by atoms with Crippen LogP contribution in [0.5, 0.6) is 0 Å². The Morgan fingerprint density at radius 1 is 1.03 bits per heavy atom. The van der Waals surface area contributed by atoms with Gasteiger partial charge in [0.2, 0.25) is 10.0 Å². The molecule has 0 fully saturated rings. The van der Waals surface area contributed by atoms with Gasteiger partial charge in [-0.25, -0.2) is 13.4 Å². The van der Waals surface area contributed by atoms with Crippen molar-refractivity contribution in [3.63, 3.8) is 0 Å². The summed E-state index contributed by atoms with van der Waals surface area (Å²) in [5.74, 6) is -1.39. The monoisotopic (exact) mass is 411 g/mol. The molecule has 1 aromatic heterocycles. The highest BCUT2D eigenvalue weighted by molar-refractivity contribution is 7.88. The van der Waals surface area contributed by atoms with Crippen molar-refractivity contribution >= 4 is 16.0 Å². The third-order valence-corrected chi connectivity index (χ3v) is 6.90. The summed E-state index contributed by atoms with van der Waals surface area (Å²) in [6.07, 6.45) is 1.75. The smallest absolute Gasteiger partial charge is 0.322 e. The summed E-state index contributed by atoms with van der Waals surface area (Å²) in [5.41, 5.74) is 3.07. The van der Waals surface area contributed by atoms with E-state index in [1.165, 1.54) is 0 Å². The van der Waals surface area contributed by atoms with Crippen LogP contribution in [0, 0.1) is 0 Å². The molecule has 3 aromatic rings. The summed E-state index contributed by atoms with van der Waals surface area (Å²) in [4.78, 5) is 16.3. The number of nitrogens with zero attached hydrogens (tertiary/aromatic N) is 3. The summed E-state index contributed by atoms with van der Waals surface area (Å²) in [6, 6.07) is 17.4. The number of carbonyl (C=O) groups is 1. The Morgan fingerprint density at radius 2 is 1.66 bits per heavy atom. The molecule has 2 aromatic carbocycles. The van der Waals surface area contributed by atoms with Gasteiger partial charge in [-0.05, 0) is 11.1 Å². The lowest BCUT2D eigenvalue weighted by molar-refractivity contribution is -0.141. The standard InChI is InChI=1S/C21H21N3O4S/c25-21(26)20-11-19-18(22-15-23(19)12-16-7-3-1-4-8-16)13-24(20)29(27,28)14-17-9-5-2-6-10-17/h1-10,15,20H,11-14H2,(H,25,26)/t20-/m1/s1. The molecule has 29 heavy (non-hydrogen) atoms. The minimum atomic E-state index is -3.82. The Labute approximate surface area is 169 Å².